The standard InChI is InChI=1S/C17H21N3O3S/c21-17(14-3-1-9-22-14)20-7-5-19(6-8-20)11-13-12-23-16(18-13)15-4-2-10-24-15/h2,4,10,12,14H,1,3,5-9,11H2. The topological polar surface area (TPSA) is 58.8 Å². The summed E-state index contributed by atoms with van der Waals surface area (Å²) in [4.78, 5) is 22.2. The lowest BCUT2D eigenvalue weighted by Crippen LogP contribution is -2.51. The highest BCUT2D eigenvalue weighted by Gasteiger charge is 2.30. The van der Waals surface area contributed by atoms with E-state index in [-0.39, 0.29) is 12.0 Å². The van der Waals surface area contributed by atoms with E-state index in [1.807, 2.05) is 22.4 Å². The van der Waals surface area contributed by atoms with Gasteiger partial charge in [-0.15, -0.1) is 11.3 Å². The molecule has 2 aliphatic rings. The van der Waals surface area contributed by atoms with Crippen LogP contribution in [-0.4, -0.2) is 59.6 Å². The minimum atomic E-state index is -0.208. The number of oxazole rings is 1. The van der Waals surface area contributed by atoms with E-state index in [1.165, 1.54) is 0 Å². The lowest BCUT2D eigenvalue weighted by molar-refractivity contribution is -0.142. The summed E-state index contributed by atoms with van der Waals surface area (Å²) in [6, 6.07) is 4.00. The lowest BCUT2D eigenvalue weighted by Gasteiger charge is -2.35. The summed E-state index contributed by atoms with van der Waals surface area (Å²) < 4.78 is 11.1. The van der Waals surface area contributed by atoms with E-state index in [0.29, 0.717) is 5.89 Å². The zero-order valence-electron chi connectivity index (χ0n) is 13.5. The van der Waals surface area contributed by atoms with Crippen molar-refractivity contribution in [2.45, 2.75) is 25.5 Å². The van der Waals surface area contributed by atoms with Gasteiger partial charge in [-0.25, -0.2) is 4.98 Å². The van der Waals surface area contributed by atoms with Crippen molar-refractivity contribution in [3.05, 3.63) is 29.5 Å². The molecule has 2 aromatic rings. The molecule has 4 heterocycles. The molecule has 1 atom stereocenters. The molecule has 0 radical (unpaired) electrons. The molecule has 0 bridgehead atoms. The van der Waals surface area contributed by atoms with E-state index in [2.05, 4.69) is 9.88 Å². The second kappa shape index (κ2) is 7.04. The van der Waals surface area contributed by atoms with E-state index in [4.69, 9.17) is 9.15 Å². The third kappa shape index (κ3) is 3.38. The molecule has 0 N–H and O–H groups in total. The van der Waals surface area contributed by atoms with Crippen molar-refractivity contribution < 1.29 is 13.9 Å². The molecular formula is C17H21N3O3S. The van der Waals surface area contributed by atoms with Crippen LogP contribution in [0.5, 0.6) is 0 Å². The average Bonchev–Trinajstić information content (AvgIpc) is 3.36. The van der Waals surface area contributed by atoms with Gasteiger partial charge in [-0.3, -0.25) is 9.69 Å². The highest BCUT2D eigenvalue weighted by molar-refractivity contribution is 7.13. The van der Waals surface area contributed by atoms with Gasteiger partial charge < -0.3 is 14.1 Å². The molecule has 0 aliphatic carbocycles. The predicted molar refractivity (Wildman–Crippen MR) is 90.6 cm³/mol. The van der Waals surface area contributed by atoms with Crippen LogP contribution >= 0.6 is 11.3 Å². The van der Waals surface area contributed by atoms with Crippen molar-refractivity contribution in [3.8, 4) is 10.8 Å². The first-order chi connectivity index (χ1) is 11.8. The van der Waals surface area contributed by atoms with E-state index >= 15 is 0 Å². The van der Waals surface area contributed by atoms with Crippen LogP contribution in [0.4, 0.5) is 0 Å². The largest absolute Gasteiger partial charge is 0.444 e. The molecule has 1 unspecified atom stereocenters. The van der Waals surface area contributed by atoms with Gasteiger partial charge in [0.2, 0.25) is 5.89 Å². The van der Waals surface area contributed by atoms with E-state index in [9.17, 15) is 4.79 Å². The van der Waals surface area contributed by atoms with Gasteiger partial charge in [0.25, 0.3) is 5.91 Å². The number of piperazine rings is 1. The molecular weight excluding hydrogens is 326 g/mol. The lowest BCUT2D eigenvalue weighted by atomic mass is 10.2. The number of thiophene rings is 1. The first-order valence-electron chi connectivity index (χ1n) is 8.40. The van der Waals surface area contributed by atoms with Gasteiger partial charge in [0.15, 0.2) is 0 Å². The summed E-state index contributed by atoms with van der Waals surface area (Å²) in [5.74, 6) is 0.848. The second-order valence-electron chi connectivity index (χ2n) is 6.22. The highest BCUT2D eigenvalue weighted by Crippen LogP contribution is 2.24. The van der Waals surface area contributed by atoms with Crippen LogP contribution < -0.4 is 0 Å². The number of amides is 1. The van der Waals surface area contributed by atoms with E-state index in [1.54, 1.807) is 17.6 Å². The first-order valence-corrected chi connectivity index (χ1v) is 9.28. The molecule has 6 nitrogen and oxygen atoms in total. The zero-order valence-corrected chi connectivity index (χ0v) is 14.3. The van der Waals surface area contributed by atoms with Crippen molar-refractivity contribution in [2.24, 2.45) is 0 Å². The maximum Gasteiger partial charge on any atom is 0.251 e. The van der Waals surface area contributed by atoms with Gasteiger partial charge in [-0.1, -0.05) is 6.07 Å². The van der Waals surface area contributed by atoms with Crippen molar-refractivity contribution in [2.75, 3.05) is 32.8 Å². The van der Waals surface area contributed by atoms with Gasteiger partial charge in [0, 0.05) is 39.3 Å². The predicted octanol–water partition coefficient (Wildman–Crippen LogP) is 2.23. The second-order valence-corrected chi connectivity index (χ2v) is 7.17. The SMILES string of the molecule is O=C(C1CCCO1)N1CCN(Cc2coc(-c3cccs3)n2)CC1. The van der Waals surface area contributed by atoms with E-state index in [0.717, 1.165) is 62.7 Å². The number of ether oxygens (including phenoxy) is 1. The van der Waals surface area contributed by atoms with Crippen LogP contribution in [0, 0.1) is 0 Å². The third-order valence-electron chi connectivity index (χ3n) is 4.56. The summed E-state index contributed by atoms with van der Waals surface area (Å²) in [5.41, 5.74) is 0.942. The molecule has 0 spiro atoms. The molecule has 2 aliphatic heterocycles. The smallest absolute Gasteiger partial charge is 0.251 e. The van der Waals surface area contributed by atoms with Gasteiger partial charge in [0.1, 0.15) is 12.4 Å². The zero-order chi connectivity index (χ0) is 16.4. The minimum Gasteiger partial charge on any atom is -0.444 e. The molecule has 2 aromatic heterocycles. The fourth-order valence-corrected chi connectivity index (χ4v) is 3.88. The summed E-state index contributed by atoms with van der Waals surface area (Å²) in [6.07, 6.45) is 3.39. The molecule has 2 fully saturated rings. The maximum absolute atomic E-state index is 12.4. The molecule has 24 heavy (non-hydrogen) atoms. The fourth-order valence-electron chi connectivity index (χ4n) is 3.22. The number of nitrogens with zero attached hydrogens (tertiary/aromatic N) is 3. The Morgan fingerprint density at radius 1 is 1.33 bits per heavy atom. The molecule has 0 saturated carbocycles. The van der Waals surface area contributed by atoms with Crippen molar-refractivity contribution >= 4 is 17.2 Å². The molecule has 4 rings (SSSR count). The quantitative estimate of drug-likeness (QED) is 0.849. The number of hydrogen-bond donors (Lipinski definition) is 0. The first kappa shape index (κ1) is 15.8. The third-order valence-corrected chi connectivity index (χ3v) is 5.42. The summed E-state index contributed by atoms with van der Waals surface area (Å²) in [6.45, 7) is 4.72. The van der Waals surface area contributed by atoms with Gasteiger partial charge >= 0.3 is 0 Å². The highest BCUT2D eigenvalue weighted by atomic mass is 32.1. The Kier molecular flexibility index (Phi) is 4.64. The molecule has 1 amide bonds. The van der Waals surface area contributed by atoms with Crippen LogP contribution in [-0.2, 0) is 16.1 Å². The Morgan fingerprint density at radius 2 is 2.21 bits per heavy atom. The van der Waals surface area contributed by atoms with Crippen LogP contribution in [0.2, 0.25) is 0 Å². The van der Waals surface area contributed by atoms with Gasteiger partial charge in [-0.05, 0) is 24.3 Å². The maximum atomic E-state index is 12.4. The molecule has 0 aromatic carbocycles. The average molecular weight is 347 g/mol. The van der Waals surface area contributed by atoms with Crippen LogP contribution in [0.3, 0.4) is 0 Å². The number of hydrogen-bond acceptors (Lipinski definition) is 6. The fraction of sp³-hybridized carbons (Fsp3) is 0.529. The summed E-state index contributed by atoms with van der Waals surface area (Å²) >= 11 is 1.63. The number of carbonyl (C=O) groups is 1. The van der Waals surface area contributed by atoms with Crippen molar-refractivity contribution in [1.82, 2.24) is 14.8 Å². The number of aromatic nitrogens is 1. The Labute approximate surface area is 145 Å². The van der Waals surface area contributed by atoms with Crippen LogP contribution in [0.1, 0.15) is 18.5 Å². The molecule has 128 valence electrons. The Balaban J connectivity index is 1.29. The molecule has 2 saturated heterocycles. The Hall–Kier alpha value is -1.70. The number of carbonyl (C=O) groups excluding carboxylic acids is 1. The Morgan fingerprint density at radius 3 is 2.92 bits per heavy atom. The normalized spacial score (nSPS) is 22.2. The summed E-state index contributed by atoms with van der Waals surface area (Å²) in [5, 5.41) is 2.02. The minimum absolute atomic E-state index is 0.161. The van der Waals surface area contributed by atoms with Gasteiger partial charge in [0.05, 0.1) is 10.6 Å². The van der Waals surface area contributed by atoms with Crippen LogP contribution in [0.15, 0.2) is 28.2 Å². The van der Waals surface area contributed by atoms with Crippen LogP contribution in [0.25, 0.3) is 10.8 Å². The van der Waals surface area contributed by atoms with Crippen molar-refractivity contribution in [3.63, 3.8) is 0 Å². The van der Waals surface area contributed by atoms with Gasteiger partial charge in [-0.2, -0.15) is 0 Å². The Bertz CT molecular complexity index is 671. The molecule has 7 heteroatoms. The number of rotatable bonds is 4. The monoisotopic (exact) mass is 347 g/mol. The van der Waals surface area contributed by atoms with E-state index < -0.39 is 0 Å². The van der Waals surface area contributed by atoms with Crippen molar-refractivity contribution in [1.29, 1.82) is 0 Å². The summed E-state index contributed by atoms with van der Waals surface area (Å²) in [7, 11) is 0.